The predicted octanol–water partition coefficient (Wildman–Crippen LogP) is 4.06. The van der Waals surface area contributed by atoms with Crippen LogP contribution in [-0.4, -0.2) is 51.5 Å². The molecule has 0 aromatic rings. The van der Waals surface area contributed by atoms with Gasteiger partial charge in [-0.25, -0.2) is 4.79 Å². The zero-order valence-electron chi connectivity index (χ0n) is 22.2. The number of hydrogen-bond acceptors (Lipinski definition) is 6. The average Bonchev–Trinajstić information content (AvgIpc) is 3.33. The number of aliphatic hydroxyl groups is 3. The van der Waals surface area contributed by atoms with Crippen LogP contribution in [-0.2, 0) is 14.3 Å². The minimum Gasteiger partial charge on any atom is -0.458 e. The summed E-state index contributed by atoms with van der Waals surface area (Å²) in [5, 5.41) is 34.6. The summed E-state index contributed by atoms with van der Waals surface area (Å²) in [6.07, 6.45) is 12.4. The third-order valence-electron chi connectivity index (χ3n) is 9.58. The van der Waals surface area contributed by atoms with E-state index in [4.69, 9.17) is 4.74 Å². The van der Waals surface area contributed by atoms with Crippen LogP contribution in [0.1, 0.15) is 66.7 Å². The summed E-state index contributed by atoms with van der Waals surface area (Å²) >= 11 is 0. The number of hydrogen-bond donors (Lipinski definition) is 3. The number of ketones is 1. The third kappa shape index (κ3) is 3.97. The molecule has 0 aromatic carbocycles. The molecule has 2 fully saturated rings. The van der Waals surface area contributed by atoms with Gasteiger partial charge in [-0.05, 0) is 60.5 Å². The van der Waals surface area contributed by atoms with Gasteiger partial charge in [0.15, 0.2) is 5.78 Å². The first-order valence-corrected chi connectivity index (χ1v) is 13.5. The van der Waals surface area contributed by atoms with Gasteiger partial charge in [-0.1, -0.05) is 70.9 Å². The molecule has 8 atom stereocenters. The molecular weight excluding hydrogens is 456 g/mol. The van der Waals surface area contributed by atoms with Gasteiger partial charge in [0.1, 0.15) is 24.4 Å². The van der Waals surface area contributed by atoms with Crippen LogP contribution in [0.5, 0.6) is 0 Å². The molecule has 4 rings (SSSR count). The van der Waals surface area contributed by atoms with E-state index in [1.807, 2.05) is 19.1 Å². The summed E-state index contributed by atoms with van der Waals surface area (Å²) in [7, 11) is 0. The number of carbonyl (C=O) groups is 2. The lowest BCUT2D eigenvalue weighted by Crippen LogP contribution is -2.65. The largest absolute Gasteiger partial charge is 0.458 e. The maximum atomic E-state index is 14.2. The molecule has 0 amide bonds. The van der Waals surface area contributed by atoms with E-state index in [-0.39, 0.29) is 35.2 Å². The van der Waals surface area contributed by atoms with E-state index < -0.39 is 35.1 Å². The molecule has 4 aliphatic rings. The van der Waals surface area contributed by atoms with Crippen LogP contribution in [0.15, 0.2) is 47.6 Å². The van der Waals surface area contributed by atoms with E-state index in [1.165, 1.54) is 12.5 Å². The van der Waals surface area contributed by atoms with Crippen LogP contribution in [0.3, 0.4) is 0 Å². The maximum Gasteiger partial charge on any atom is 0.331 e. The second-order valence-electron chi connectivity index (χ2n) is 12.0. The van der Waals surface area contributed by atoms with E-state index in [0.29, 0.717) is 11.5 Å². The highest BCUT2D eigenvalue weighted by Crippen LogP contribution is 2.71. The van der Waals surface area contributed by atoms with Gasteiger partial charge in [-0.15, -0.1) is 0 Å². The predicted molar refractivity (Wildman–Crippen MR) is 138 cm³/mol. The van der Waals surface area contributed by atoms with Crippen molar-refractivity contribution in [1.29, 1.82) is 0 Å². The molecule has 0 heterocycles. The van der Waals surface area contributed by atoms with Crippen molar-refractivity contribution in [3.63, 3.8) is 0 Å². The highest BCUT2D eigenvalue weighted by Gasteiger charge is 2.75. The molecule has 1 spiro atoms. The quantitative estimate of drug-likeness (QED) is 0.153. The van der Waals surface area contributed by atoms with Gasteiger partial charge in [-0.3, -0.25) is 4.79 Å². The molecule has 8 unspecified atom stereocenters. The van der Waals surface area contributed by atoms with Crippen molar-refractivity contribution in [2.45, 2.75) is 84.5 Å². The Morgan fingerprint density at radius 3 is 2.61 bits per heavy atom. The Hall–Kier alpha value is -2.02. The fourth-order valence-corrected chi connectivity index (χ4v) is 7.44. The molecule has 6 heteroatoms. The van der Waals surface area contributed by atoms with E-state index in [9.17, 15) is 24.9 Å². The van der Waals surface area contributed by atoms with Crippen molar-refractivity contribution in [2.24, 2.45) is 34.5 Å². The standard InChI is InChI=1S/C30H42O6/c1-6-7-8-9-10-11-12-13-23(31)36-17-20-15-21-24-22(28(24,4)5)14-19(3)29(27(21)34)16-18(2)25(32)30(29,35)26(20)33/h10-13,15-16,19,21-22,24-26,32-33,35H,6-9,14,17H2,1-5H3/b11-10-,13-12+. The zero-order chi connectivity index (χ0) is 26.5. The summed E-state index contributed by atoms with van der Waals surface area (Å²) in [6.45, 7) is 9.84. The summed E-state index contributed by atoms with van der Waals surface area (Å²) in [5.74, 6) is -1.13. The summed E-state index contributed by atoms with van der Waals surface area (Å²) in [5.41, 5.74) is -2.79. The molecule has 3 N–H and O–H groups in total. The van der Waals surface area contributed by atoms with Crippen molar-refractivity contribution in [3.8, 4) is 0 Å². The van der Waals surface area contributed by atoms with Gasteiger partial charge in [0.05, 0.1) is 5.41 Å². The lowest BCUT2D eigenvalue weighted by Gasteiger charge is -2.48. The zero-order valence-corrected chi connectivity index (χ0v) is 22.2. The van der Waals surface area contributed by atoms with E-state index in [0.717, 1.165) is 25.7 Å². The summed E-state index contributed by atoms with van der Waals surface area (Å²) < 4.78 is 5.44. The number of ether oxygens (including phenoxy) is 1. The molecule has 2 saturated carbocycles. The van der Waals surface area contributed by atoms with Crippen LogP contribution >= 0.6 is 0 Å². The Morgan fingerprint density at radius 2 is 1.92 bits per heavy atom. The molecule has 0 aromatic heterocycles. The Labute approximate surface area is 214 Å². The first kappa shape index (κ1) is 27.0. The Morgan fingerprint density at radius 1 is 1.19 bits per heavy atom. The van der Waals surface area contributed by atoms with Gasteiger partial charge in [0.2, 0.25) is 0 Å². The van der Waals surface area contributed by atoms with Crippen molar-refractivity contribution in [1.82, 2.24) is 0 Å². The van der Waals surface area contributed by atoms with Crippen molar-refractivity contribution in [2.75, 3.05) is 6.61 Å². The molecule has 6 nitrogen and oxygen atoms in total. The number of aliphatic hydroxyl groups excluding tert-OH is 2. The van der Waals surface area contributed by atoms with Crippen molar-refractivity contribution in [3.05, 3.63) is 47.6 Å². The smallest absolute Gasteiger partial charge is 0.331 e. The molecular formula is C30H42O6. The van der Waals surface area contributed by atoms with Crippen LogP contribution in [0, 0.1) is 34.5 Å². The van der Waals surface area contributed by atoms with Gasteiger partial charge < -0.3 is 20.1 Å². The number of rotatable bonds is 8. The van der Waals surface area contributed by atoms with Crippen molar-refractivity contribution < 1.29 is 29.6 Å². The Kier molecular flexibility index (Phi) is 7.28. The number of unbranched alkanes of at least 4 members (excludes halogenated alkanes) is 3. The number of carbonyl (C=O) groups excluding carboxylic acids is 2. The monoisotopic (exact) mass is 498 g/mol. The Balaban J connectivity index is 1.59. The maximum absolute atomic E-state index is 14.2. The number of allylic oxidation sites excluding steroid dienone is 4. The van der Waals surface area contributed by atoms with Crippen LogP contribution in [0.25, 0.3) is 0 Å². The first-order chi connectivity index (χ1) is 16.9. The Bertz CT molecular complexity index is 1020. The van der Waals surface area contributed by atoms with Gasteiger partial charge in [0, 0.05) is 12.0 Å². The van der Waals surface area contributed by atoms with Gasteiger partial charge in [0.25, 0.3) is 0 Å². The van der Waals surface area contributed by atoms with Crippen LogP contribution in [0.2, 0.25) is 0 Å². The SMILES string of the molecule is CCCCC/C=C\C=C\C(=O)OCC1=CC2C(=O)C3(C=C(C)C(O)C3(O)C1O)C(C)CC1C2C1(C)C. The second kappa shape index (κ2) is 9.70. The molecule has 0 aliphatic heterocycles. The number of Topliss-reactive ketones (excluding diaryl/α,β-unsaturated/α-hetero) is 1. The molecule has 2 bridgehead atoms. The second-order valence-corrected chi connectivity index (χ2v) is 12.0. The first-order valence-electron chi connectivity index (χ1n) is 13.5. The highest BCUT2D eigenvalue weighted by molar-refractivity contribution is 5.95. The van der Waals surface area contributed by atoms with Crippen LogP contribution < -0.4 is 0 Å². The van der Waals surface area contributed by atoms with E-state index in [2.05, 4.69) is 20.8 Å². The molecule has 36 heavy (non-hydrogen) atoms. The molecule has 0 saturated heterocycles. The number of fused-ring (bicyclic) bond motifs is 3. The lowest BCUT2D eigenvalue weighted by molar-refractivity contribution is -0.190. The fourth-order valence-electron chi connectivity index (χ4n) is 7.44. The van der Waals surface area contributed by atoms with Crippen molar-refractivity contribution >= 4 is 11.8 Å². The topological polar surface area (TPSA) is 104 Å². The molecule has 4 aliphatic carbocycles. The summed E-state index contributed by atoms with van der Waals surface area (Å²) in [6, 6.07) is 0. The fraction of sp³-hybridized carbons (Fsp3) is 0.667. The highest BCUT2D eigenvalue weighted by atomic mass is 16.5. The van der Waals surface area contributed by atoms with Gasteiger partial charge >= 0.3 is 5.97 Å². The van der Waals surface area contributed by atoms with E-state index >= 15 is 0 Å². The number of esters is 1. The minimum atomic E-state index is -2.11. The normalized spacial score (nSPS) is 40.8. The van der Waals surface area contributed by atoms with Crippen LogP contribution in [0.4, 0.5) is 0 Å². The minimum absolute atomic E-state index is 0.0376. The lowest BCUT2D eigenvalue weighted by atomic mass is 9.59. The summed E-state index contributed by atoms with van der Waals surface area (Å²) in [4.78, 5) is 26.6. The third-order valence-corrected chi connectivity index (χ3v) is 9.58. The van der Waals surface area contributed by atoms with Gasteiger partial charge in [-0.2, -0.15) is 0 Å². The van der Waals surface area contributed by atoms with E-state index in [1.54, 1.807) is 25.2 Å². The average molecular weight is 499 g/mol. The molecule has 0 radical (unpaired) electrons. The molecule has 198 valence electrons.